The first-order chi connectivity index (χ1) is 6.68. The summed E-state index contributed by atoms with van der Waals surface area (Å²) in [5.74, 6) is 0.635. The van der Waals surface area contributed by atoms with Gasteiger partial charge in [0.25, 0.3) is 0 Å². The summed E-state index contributed by atoms with van der Waals surface area (Å²) in [5.41, 5.74) is 2.91. The maximum absolute atomic E-state index is 11.2. The third kappa shape index (κ3) is 1.75. The Balaban J connectivity index is 2.25. The molecule has 2 heterocycles. The first-order valence-corrected chi connectivity index (χ1v) is 5.29. The number of hydrogen-bond donors (Lipinski definition) is 1. The van der Waals surface area contributed by atoms with E-state index in [4.69, 9.17) is 11.6 Å². The molecule has 0 radical (unpaired) electrons. The molecule has 1 atom stereocenters. The van der Waals surface area contributed by atoms with Crippen molar-refractivity contribution in [3.63, 3.8) is 0 Å². The second-order valence-electron chi connectivity index (χ2n) is 2.85. The van der Waals surface area contributed by atoms with Crippen LogP contribution in [0.4, 0.5) is 5.82 Å². The lowest BCUT2D eigenvalue weighted by Crippen LogP contribution is -2.33. The van der Waals surface area contributed by atoms with Gasteiger partial charge in [-0.25, -0.2) is 10.4 Å². The quantitative estimate of drug-likeness (QED) is 0.621. The van der Waals surface area contributed by atoms with Crippen molar-refractivity contribution in [3.8, 4) is 0 Å². The van der Waals surface area contributed by atoms with Crippen molar-refractivity contribution in [1.82, 2.24) is 10.4 Å². The van der Waals surface area contributed by atoms with Gasteiger partial charge in [0.05, 0.1) is 11.6 Å². The molecule has 0 bridgehead atoms. The molecule has 0 aliphatic carbocycles. The van der Waals surface area contributed by atoms with Gasteiger partial charge in [-0.1, -0.05) is 27.5 Å². The molecule has 4 nitrogen and oxygen atoms in total. The SMILES string of the molecule is O=C1CN(c2ncccc2Cl)NC1Br. The number of alkyl halides is 1. The number of nitrogens with zero attached hydrogens (tertiary/aromatic N) is 2. The minimum atomic E-state index is -0.347. The number of halogens is 2. The molecule has 0 aromatic carbocycles. The van der Waals surface area contributed by atoms with Gasteiger partial charge < -0.3 is 0 Å². The molecule has 0 amide bonds. The van der Waals surface area contributed by atoms with Crippen LogP contribution in [0, 0.1) is 0 Å². The molecule has 1 aliphatic rings. The summed E-state index contributed by atoms with van der Waals surface area (Å²) in [4.78, 5) is 15.0. The summed E-state index contributed by atoms with van der Waals surface area (Å²) in [6, 6.07) is 3.48. The Kier molecular flexibility index (Phi) is 2.71. The van der Waals surface area contributed by atoms with E-state index in [1.807, 2.05) is 0 Å². The molecule has 1 fully saturated rings. The van der Waals surface area contributed by atoms with Crippen LogP contribution in [0.3, 0.4) is 0 Å². The Hall–Kier alpha value is -0.650. The van der Waals surface area contributed by atoms with Crippen LogP contribution in [0.2, 0.25) is 5.02 Å². The summed E-state index contributed by atoms with van der Waals surface area (Å²) < 4.78 is 0. The number of nitrogens with one attached hydrogen (secondary N) is 1. The second-order valence-corrected chi connectivity index (χ2v) is 4.18. The van der Waals surface area contributed by atoms with Gasteiger partial charge in [0.15, 0.2) is 11.6 Å². The number of anilines is 1. The van der Waals surface area contributed by atoms with E-state index >= 15 is 0 Å². The van der Waals surface area contributed by atoms with Gasteiger partial charge in [-0.05, 0) is 12.1 Å². The number of carbonyl (C=O) groups is 1. The van der Waals surface area contributed by atoms with Gasteiger partial charge in [-0.3, -0.25) is 9.80 Å². The highest BCUT2D eigenvalue weighted by Gasteiger charge is 2.29. The van der Waals surface area contributed by atoms with E-state index in [2.05, 4.69) is 26.3 Å². The predicted molar refractivity (Wildman–Crippen MR) is 57.5 cm³/mol. The second kappa shape index (κ2) is 3.84. The summed E-state index contributed by atoms with van der Waals surface area (Å²) in [5, 5.41) is 2.15. The number of rotatable bonds is 1. The fraction of sp³-hybridized carbons (Fsp3) is 0.250. The third-order valence-corrected chi connectivity index (χ3v) is 2.87. The lowest BCUT2D eigenvalue weighted by atomic mass is 10.4. The average Bonchev–Trinajstić information content (AvgIpc) is 2.48. The van der Waals surface area contributed by atoms with Crippen LogP contribution < -0.4 is 10.4 Å². The van der Waals surface area contributed by atoms with E-state index in [9.17, 15) is 4.79 Å². The molecular weight excluding hydrogens is 269 g/mol. The number of ketones is 1. The molecule has 2 rings (SSSR count). The van der Waals surface area contributed by atoms with Crippen molar-refractivity contribution in [3.05, 3.63) is 23.4 Å². The maximum atomic E-state index is 11.2. The van der Waals surface area contributed by atoms with Crippen LogP contribution >= 0.6 is 27.5 Å². The van der Waals surface area contributed by atoms with Crippen LogP contribution in [0.5, 0.6) is 0 Å². The van der Waals surface area contributed by atoms with Crippen molar-refractivity contribution in [1.29, 1.82) is 0 Å². The molecule has 0 spiro atoms. The van der Waals surface area contributed by atoms with Crippen LogP contribution in [-0.2, 0) is 4.79 Å². The van der Waals surface area contributed by atoms with Crippen molar-refractivity contribution >= 4 is 39.1 Å². The highest BCUT2D eigenvalue weighted by molar-refractivity contribution is 9.10. The standard InChI is InChI=1S/C8H7BrClN3O/c9-7-6(14)4-13(12-7)8-5(10)2-1-3-11-8/h1-3,7,12H,4H2. The average molecular weight is 277 g/mol. The van der Waals surface area contributed by atoms with E-state index in [0.717, 1.165) is 0 Å². The lowest BCUT2D eigenvalue weighted by Gasteiger charge is -2.16. The fourth-order valence-corrected chi connectivity index (χ4v) is 1.82. The third-order valence-electron chi connectivity index (χ3n) is 1.86. The molecule has 1 unspecified atom stereocenters. The zero-order valence-corrected chi connectivity index (χ0v) is 9.42. The van der Waals surface area contributed by atoms with Gasteiger partial charge >= 0.3 is 0 Å². The number of hydrogen-bond acceptors (Lipinski definition) is 4. The largest absolute Gasteiger partial charge is 0.295 e. The fourth-order valence-electron chi connectivity index (χ4n) is 1.20. The van der Waals surface area contributed by atoms with E-state index < -0.39 is 0 Å². The zero-order chi connectivity index (χ0) is 10.1. The molecule has 74 valence electrons. The van der Waals surface area contributed by atoms with Crippen LogP contribution in [0.15, 0.2) is 18.3 Å². The van der Waals surface area contributed by atoms with E-state index in [0.29, 0.717) is 10.8 Å². The lowest BCUT2D eigenvalue weighted by molar-refractivity contribution is -0.115. The Morgan fingerprint density at radius 3 is 3.07 bits per heavy atom. The summed E-state index contributed by atoms with van der Waals surface area (Å²) in [6.45, 7) is 0.270. The van der Waals surface area contributed by atoms with Crippen LogP contribution in [0.1, 0.15) is 0 Å². The molecule has 0 saturated carbocycles. The molecule has 1 saturated heterocycles. The zero-order valence-electron chi connectivity index (χ0n) is 7.08. The number of Topliss-reactive ketones (excluding diaryl/α,β-unsaturated/α-hetero) is 1. The van der Waals surface area contributed by atoms with Gasteiger partial charge in [0.1, 0.15) is 4.95 Å². The van der Waals surface area contributed by atoms with Crippen molar-refractivity contribution in [2.75, 3.05) is 11.6 Å². The highest BCUT2D eigenvalue weighted by Crippen LogP contribution is 2.23. The summed E-state index contributed by atoms with van der Waals surface area (Å²) in [6.07, 6.45) is 1.63. The Labute approximate surface area is 94.4 Å². The smallest absolute Gasteiger partial charge is 0.183 e. The van der Waals surface area contributed by atoms with Crippen LogP contribution in [-0.4, -0.2) is 22.3 Å². The Bertz CT molecular complexity index is 373. The number of carbonyl (C=O) groups excluding carboxylic acids is 1. The minimum Gasteiger partial charge on any atom is -0.295 e. The number of aromatic nitrogens is 1. The van der Waals surface area contributed by atoms with Gasteiger partial charge in [-0.2, -0.15) is 0 Å². The summed E-state index contributed by atoms with van der Waals surface area (Å²) >= 11 is 9.12. The van der Waals surface area contributed by atoms with E-state index in [-0.39, 0.29) is 17.3 Å². The highest BCUT2D eigenvalue weighted by atomic mass is 79.9. The van der Waals surface area contributed by atoms with Gasteiger partial charge in [0.2, 0.25) is 0 Å². The topological polar surface area (TPSA) is 45.2 Å². The molecule has 6 heteroatoms. The monoisotopic (exact) mass is 275 g/mol. The number of pyridine rings is 1. The molecule has 1 aromatic rings. The first kappa shape index (κ1) is 9.89. The molecular formula is C8H7BrClN3O. The molecule has 1 N–H and O–H groups in total. The van der Waals surface area contributed by atoms with E-state index in [1.165, 1.54) is 0 Å². The molecule has 14 heavy (non-hydrogen) atoms. The Morgan fingerprint density at radius 2 is 2.50 bits per heavy atom. The van der Waals surface area contributed by atoms with Crippen molar-refractivity contribution in [2.24, 2.45) is 0 Å². The Morgan fingerprint density at radius 1 is 1.71 bits per heavy atom. The first-order valence-electron chi connectivity index (χ1n) is 3.99. The van der Waals surface area contributed by atoms with Gasteiger partial charge in [0, 0.05) is 6.20 Å². The maximum Gasteiger partial charge on any atom is 0.183 e. The summed E-state index contributed by atoms with van der Waals surface area (Å²) in [7, 11) is 0. The predicted octanol–water partition coefficient (Wildman–Crippen LogP) is 1.35. The number of hydrazine groups is 1. The molecule has 1 aliphatic heterocycles. The van der Waals surface area contributed by atoms with Crippen molar-refractivity contribution < 1.29 is 4.79 Å². The normalized spacial score (nSPS) is 21.7. The molecule has 1 aromatic heterocycles. The van der Waals surface area contributed by atoms with E-state index in [1.54, 1.807) is 23.3 Å². The minimum absolute atomic E-state index is 0.0618. The van der Waals surface area contributed by atoms with Crippen LogP contribution in [0.25, 0.3) is 0 Å². The van der Waals surface area contributed by atoms with Crippen molar-refractivity contribution in [2.45, 2.75) is 4.95 Å². The van der Waals surface area contributed by atoms with Gasteiger partial charge in [-0.15, -0.1) is 0 Å².